The van der Waals surface area contributed by atoms with Gasteiger partial charge in [-0.05, 0) is 63.8 Å². The lowest BCUT2D eigenvalue weighted by atomic mass is 9.76. The second-order valence-electron chi connectivity index (χ2n) is 10.0. The number of hydrogen-bond acceptors (Lipinski definition) is 6. The van der Waals surface area contributed by atoms with Gasteiger partial charge in [-0.15, -0.1) is 0 Å². The Morgan fingerprint density at radius 1 is 0.683 bits per heavy atom. The van der Waals surface area contributed by atoms with Gasteiger partial charge in [-0.3, -0.25) is 0 Å². The summed E-state index contributed by atoms with van der Waals surface area (Å²) in [5, 5.41) is 3.20. The molecule has 0 amide bonds. The van der Waals surface area contributed by atoms with Crippen molar-refractivity contribution in [3.63, 3.8) is 0 Å². The number of benzene rings is 4. The Morgan fingerprint density at radius 2 is 1.12 bits per heavy atom. The SMILES string of the molecule is C.C.CNS(=O)(=O)c1ccc(B2OC(C)(C)C(C)(C)O2)c2ccccc12.O=S(=O)(Cl)c1ccc(Cl)c2ccccc12. The van der Waals surface area contributed by atoms with Crippen molar-refractivity contribution in [2.45, 2.75) is 63.5 Å². The first-order valence-corrected chi connectivity index (χ1v) is 16.2. The molecule has 0 aliphatic carbocycles. The highest BCUT2D eigenvalue weighted by Crippen LogP contribution is 2.37. The van der Waals surface area contributed by atoms with Gasteiger partial charge >= 0.3 is 7.12 Å². The molecule has 1 N–H and O–H groups in total. The summed E-state index contributed by atoms with van der Waals surface area (Å²) >= 11 is 5.94. The van der Waals surface area contributed by atoms with Gasteiger partial charge in [-0.25, -0.2) is 21.6 Å². The van der Waals surface area contributed by atoms with Crippen molar-refractivity contribution in [3.05, 3.63) is 77.8 Å². The summed E-state index contributed by atoms with van der Waals surface area (Å²) in [5.74, 6) is 0. The van der Waals surface area contributed by atoms with Crippen molar-refractivity contribution in [1.29, 1.82) is 0 Å². The minimum atomic E-state index is -3.73. The third kappa shape index (κ3) is 6.91. The monoisotopic (exact) mass is 639 g/mol. The van der Waals surface area contributed by atoms with E-state index in [0.29, 0.717) is 21.2 Å². The van der Waals surface area contributed by atoms with Gasteiger partial charge in [0.1, 0.15) is 0 Å². The molecule has 0 radical (unpaired) electrons. The second kappa shape index (κ2) is 12.6. The molecule has 1 aliphatic rings. The molecule has 222 valence electrons. The fraction of sp³-hybridized carbons (Fsp3) is 0.310. The first-order chi connectivity index (χ1) is 18.1. The summed E-state index contributed by atoms with van der Waals surface area (Å²) in [5.41, 5.74) is -0.0671. The Labute approximate surface area is 253 Å². The molecule has 1 heterocycles. The minimum Gasteiger partial charge on any atom is -0.399 e. The molecule has 12 heteroatoms. The van der Waals surface area contributed by atoms with E-state index in [1.165, 1.54) is 19.2 Å². The van der Waals surface area contributed by atoms with E-state index in [0.717, 1.165) is 10.8 Å². The normalized spacial score (nSPS) is 15.9. The third-order valence-electron chi connectivity index (χ3n) is 7.08. The number of nitrogens with one attached hydrogen (secondary N) is 1. The van der Waals surface area contributed by atoms with Crippen LogP contribution in [0.4, 0.5) is 0 Å². The van der Waals surface area contributed by atoms with Crippen molar-refractivity contribution in [3.8, 4) is 0 Å². The van der Waals surface area contributed by atoms with E-state index >= 15 is 0 Å². The molecular weight excluding hydrogens is 604 g/mol. The molecule has 0 spiro atoms. The Hall–Kier alpha value is -2.18. The zero-order valence-corrected chi connectivity index (χ0v) is 25.2. The first kappa shape index (κ1) is 35.0. The largest absolute Gasteiger partial charge is 0.495 e. The predicted octanol–water partition coefficient (Wildman–Crippen LogP) is 6.74. The maximum Gasteiger partial charge on any atom is 0.495 e. The molecule has 1 saturated heterocycles. The zero-order valence-electron chi connectivity index (χ0n) is 22.0. The van der Waals surface area contributed by atoms with Crippen LogP contribution in [0.1, 0.15) is 42.5 Å². The Balaban J connectivity index is 0.000000300. The molecule has 0 unspecified atom stereocenters. The van der Waals surface area contributed by atoms with Crippen LogP contribution in [0.25, 0.3) is 21.5 Å². The Kier molecular flexibility index (Phi) is 10.8. The van der Waals surface area contributed by atoms with Crippen LogP contribution in [0.15, 0.2) is 82.6 Å². The second-order valence-corrected chi connectivity index (χ2v) is 14.8. The highest BCUT2D eigenvalue weighted by molar-refractivity contribution is 8.14. The smallest absolute Gasteiger partial charge is 0.399 e. The number of fused-ring (bicyclic) bond motifs is 2. The fourth-order valence-corrected chi connectivity index (χ4v) is 6.50. The third-order valence-corrected chi connectivity index (χ3v) is 10.3. The van der Waals surface area contributed by atoms with Crippen LogP contribution >= 0.6 is 22.3 Å². The van der Waals surface area contributed by atoms with E-state index in [-0.39, 0.29) is 24.6 Å². The van der Waals surface area contributed by atoms with E-state index < -0.39 is 37.4 Å². The molecule has 4 aromatic carbocycles. The van der Waals surface area contributed by atoms with Gasteiger partial charge in [0.25, 0.3) is 9.05 Å². The molecule has 0 aromatic heterocycles. The highest BCUT2D eigenvalue weighted by Gasteiger charge is 2.52. The molecule has 4 aromatic rings. The van der Waals surface area contributed by atoms with Crippen LogP contribution in [0.2, 0.25) is 5.02 Å². The number of halogens is 2. The summed E-state index contributed by atoms with van der Waals surface area (Å²) in [4.78, 5) is 0.338. The van der Waals surface area contributed by atoms with Crippen molar-refractivity contribution >= 4 is 75.5 Å². The topological polar surface area (TPSA) is 98.8 Å². The van der Waals surface area contributed by atoms with Crippen molar-refractivity contribution in [2.24, 2.45) is 0 Å². The van der Waals surface area contributed by atoms with Crippen LogP contribution in [-0.4, -0.2) is 42.2 Å². The molecule has 0 saturated carbocycles. The van der Waals surface area contributed by atoms with E-state index in [4.69, 9.17) is 31.6 Å². The van der Waals surface area contributed by atoms with E-state index in [1.807, 2.05) is 45.9 Å². The standard InChI is InChI=1S/C17H22BNO4S.C10H6Cl2O2S.2CH4/c1-16(2)17(3,4)23-18(22-16)14-10-11-15(24(20,21)19-5)13-9-7-6-8-12(13)14;11-9-5-6-10(15(12,13)14)8-4-2-1-3-7(8)9;;/h6-11,19H,1-5H3;1-6H;2*1H4. The van der Waals surface area contributed by atoms with Gasteiger partial charge < -0.3 is 9.31 Å². The summed E-state index contributed by atoms with van der Waals surface area (Å²) in [6.45, 7) is 7.98. The average Bonchev–Trinajstić information content (AvgIpc) is 3.09. The van der Waals surface area contributed by atoms with Crippen LogP contribution < -0.4 is 10.2 Å². The lowest BCUT2D eigenvalue weighted by Gasteiger charge is -2.32. The lowest BCUT2D eigenvalue weighted by Crippen LogP contribution is -2.41. The molecule has 0 atom stereocenters. The summed E-state index contributed by atoms with van der Waals surface area (Å²) in [6.07, 6.45) is 0. The number of sulfonamides is 1. The summed E-state index contributed by atoms with van der Waals surface area (Å²) in [6, 6.07) is 20.7. The van der Waals surface area contributed by atoms with Gasteiger partial charge in [0.05, 0.1) is 21.0 Å². The molecule has 41 heavy (non-hydrogen) atoms. The van der Waals surface area contributed by atoms with Gasteiger partial charge in [0.2, 0.25) is 10.0 Å². The zero-order chi connectivity index (χ0) is 28.8. The quantitative estimate of drug-likeness (QED) is 0.196. The fourth-order valence-electron chi connectivity index (χ4n) is 4.26. The maximum absolute atomic E-state index is 12.3. The Bertz CT molecular complexity index is 1760. The summed E-state index contributed by atoms with van der Waals surface area (Å²) in [7, 11) is -1.08. The first-order valence-electron chi connectivity index (χ1n) is 12.0. The van der Waals surface area contributed by atoms with Crippen LogP contribution in [0, 0.1) is 0 Å². The predicted molar refractivity (Wildman–Crippen MR) is 171 cm³/mol. The van der Waals surface area contributed by atoms with Crippen LogP contribution in [-0.2, 0) is 28.4 Å². The van der Waals surface area contributed by atoms with Crippen molar-refractivity contribution in [2.75, 3.05) is 7.05 Å². The van der Waals surface area contributed by atoms with Gasteiger partial charge in [0.15, 0.2) is 0 Å². The van der Waals surface area contributed by atoms with Gasteiger partial charge in [-0.2, -0.15) is 0 Å². The van der Waals surface area contributed by atoms with E-state index in [1.54, 1.807) is 42.5 Å². The molecule has 1 fully saturated rings. The van der Waals surface area contributed by atoms with Crippen LogP contribution in [0.3, 0.4) is 0 Å². The van der Waals surface area contributed by atoms with Gasteiger partial charge in [-0.1, -0.05) is 81.1 Å². The highest BCUT2D eigenvalue weighted by atomic mass is 35.7. The number of rotatable bonds is 4. The molecule has 1 aliphatic heterocycles. The number of hydrogen-bond donors (Lipinski definition) is 1. The molecule has 7 nitrogen and oxygen atoms in total. The molecular formula is C29H36BCl2NO6S2. The van der Waals surface area contributed by atoms with E-state index in [9.17, 15) is 16.8 Å². The lowest BCUT2D eigenvalue weighted by molar-refractivity contribution is 0.00578. The average molecular weight is 640 g/mol. The van der Waals surface area contributed by atoms with Crippen LogP contribution in [0.5, 0.6) is 0 Å². The molecule has 0 bridgehead atoms. The maximum atomic E-state index is 12.3. The van der Waals surface area contributed by atoms with Crippen molar-refractivity contribution < 1.29 is 26.1 Å². The Morgan fingerprint density at radius 3 is 1.61 bits per heavy atom. The van der Waals surface area contributed by atoms with E-state index in [2.05, 4.69) is 4.72 Å². The summed E-state index contributed by atoms with van der Waals surface area (Å²) < 4.78 is 61.7. The minimum absolute atomic E-state index is 0. The van der Waals surface area contributed by atoms with Crippen molar-refractivity contribution in [1.82, 2.24) is 4.72 Å². The van der Waals surface area contributed by atoms with Gasteiger partial charge in [0, 0.05) is 31.9 Å². The molecule has 5 rings (SSSR count).